The first-order valence-electron chi connectivity index (χ1n) is 11.6. The van der Waals surface area contributed by atoms with Crippen LogP contribution in [0.25, 0.3) is 0 Å². The molecule has 164 valence electrons. The summed E-state index contributed by atoms with van der Waals surface area (Å²) in [6.45, 7) is 6.94. The fourth-order valence-electron chi connectivity index (χ4n) is 2.93. The van der Waals surface area contributed by atoms with E-state index in [4.69, 9.17) is 10.8 Å². The summed E-state index contributed by atoms with van der Waals surface area (Å²) in [4.78, 5) is 12.4. The van der Waals surface area contributed by atoms with Crippen molar-refractivity contribution in [3.63, 3.8) is 0 Å². The van der Waals surface area contributed by atoms with E-state index in [-0.39, 0.29) is 12.1 Å². The maximum Gasteiger partial charge on any atom is 0.217 e. The van der Waals surface area contributed by atoms with Gasteiger partial charge in [-0.05, 0) is 26.9 Å². The second kappa shape index (κ2) is 23.4. The highest BCUT2D eigenvalue weighted by Crippen LogP contribution is 2.13. The van der Waals surface area contributed by atoms with Crippen molar-refractivity contribution in [3.05, 3.63) is 0 Å². The van der Waals surface area contributed by atoms with E-state index < -0.39 is 0 Å². The molecule has 0 spiro atoms. The Kier molecular flexibility index (Phi) is 24.8. The number of aliphatic hydroxyl groups is 1. The Labute approximate surface area is 170 Å². The smallest absolute Gasteiger partial charge is 0.217 e. The molecule has 0 bridgehead atoms. The van der Waals surface area contributed by atoms with Crippen LogP contribution in [-0.2, 0) is 4.79 Å². The van der Waals surface area contributed by atoms with Gasteiger partial charge in [0.1, 0.15) is 6.23 Å². The molecule has 1 unspecified atom stereocenters. The third-order valence-corrected chi connectivity index (χ3v) is 5.16. The van der Waals surface area contributed by atoms with E-state index in [9.17, 15) is 4.79 Å². The summed E-state index contributed by atoms with van der Waals surface area (Å²) in [5.41, 5.74) is 5.11. The van der Waals surface area contributed by atoms with Crippen molar-refractivity contribution in [1.82, 2.24) is 4.90 Å². The minimum absolute atomic E-state index is 0.153. The number of hydrogen-bond acceptors (Lipinski definition) is 3. The van der Waals surface area contributed by atoms with Crippen LogP contribution in [0.4, 0.5) is 0 Å². The summed E-state index contributed by atoms with van der Waals surface area (Å²) in [7, 11) is 1.88. The number of carbonyl (C=O) groups excluding carboxylic acids is 1. The molecule has 0 heterocycles. The van der Waals surface area contributed by atoms with E-state index in [1.54, 1.807) is 6.92 Å². The number of primary amides is 1. The number of nitrogens with zero attached hydrogens (tertiary/aromatic N) is 1. The van der Waals surface area contributed by atoms with Crippen LogP contribution in [0.3, 0.4) is 0 Å². The van der Waals surface area contributed by atoms with Crippen LogP contribution in [-0.4, -0.2) is 35.7 Å². The normalized spacial score (nSPS) is 11.9. The summed E-state index contributed by atoms with van der Waals surface area (Å²) in [5, 5.41) is 8.75. The molecule has 1 amide bonds. The molecule has 4 heteroatoms. The Hall–Kier alpha value is -0.610. The number of amides is 1. The topological polar surface area (TPSA) is 66.6 Å². The molecular weight excluding hydrogens is 336 g/mol. The molecule has 0 fully saturated rings. The molecule has 0 aromatic rings. The SMILES string of the molecule is CCCCCCCCCCCCCCCCCC(N)=O.CCN(C)C(C)O. The van der Waals surface area contributed by atoms with E-state index in [0.717, 1.165) is 13.0 Å². The molecule has 0 aromatic heterocycles. The zero-order valence-corrected chi connectivity index (χ0v) is 19.0. The zero-order valence-electron chi connectivity index (χ0n) is 19.0. The van der Waals surface area contributed by atoms with Crippen molar-refractivity contribution in [3.8, 4) is 0 Å². The largest absolute Gasteiger partial charge is 0.379 e. The first-order valence-corrected chi connectivity index (χ1v) is 11.6. The first kappa shape index (κ1) is 28.6. The van der Waals surface area contributed by atoms with E-state index in [1.807, 2.05) is 18.9 Å². The van der Waals surface area contributed by atoms with Gasteiger partial charge in [-0.15, -0.1) is 0 Å². The van der Waals surface area contributed by atoms with Crippen LogP contribution in [0.5, 0.6) is 0 Å². The van der Waals surface area contributed by atoms with Gasteiger partial charge < -0.3 is 10.8 Å². The quantitative estimate of drug-likeness (QED) is 0.224. The van der Waals surface area contributed by atoms with Gasteiger partial charge in [0.05, 0.1) is 0 Å². The van der Waals surface area contributed by atoms with E-state index in [1.165, 1.54) is 89.9 Å². The molecule has 0 aliphatic rings. The molecular formula is C23H50N2O2. The molecule has 4 nitrogen and oxygen atoms in total. The van der Waals surface area contributed by atoms with Gasteiger partial charge in [-0.1, -0.05) is 104 Å². The number of aliphatic hydroxyl groups excluding tert-OH is 1. The molecule has 0 radical (unpaired) electrons. The predicted molar refractivity (Wildman–Crippen MR) is 119 cm³/mol. The summed E-state index contributed by atoms with van der Waals surface area (Å²) in [6, 6.07) is 0. The molecule has 0 saturated carbocycles. The van der Waals surface area contributed by atoms with Crippen LogP contribution in [0.2, 0.25) is 0 Å². The number of unbranched alkanes of at least 4 members (excludes halogenated alkanes) is 14. The van der Waals surface area contributed by atoms with Gasteiger partial charge in [-0.25, -0.2) is 0 Å². The van der Waals surface area contributed by atoms with Crippen molar-refractivity contribution in [2.75, 3.05) is 13.6 Å². The van der Waals surface area contributed by atoms with Crippen molar-refractivity contribution in [2.45, 2.75) is 130 Å². The molecule has 0 saturated heterocycles. The molecule has 1 atom stereocenters. The number of carbonyl (C=O) groups is 1. The monoisotopic (exact) mass is 386 g/mol. The van der Waals surface area contributed by atoms with E-state index in [2.05, 4.69) is 6.92 Å². The van der Waals surface area contributed by atoms with Gasteiger partial charge >= 0.3 is 0 Å². The van der Waals surface area contributed by atoms with Crippen LogP contribution in [0.15, 0.2) is 0 Å². The average Bonchev–Trinajstić information content (AvgIpc) is 2.64. The van der Waals surface area contributed by atoms with E-state index in [0.29, 0.717) is 6.42 Å². The number of rotatable bonds is 18. The standard InChI is InChI=1S/C18H37NO.C5H13NO/c1-2-3-4-5-6-7-8-9-10-11-12-13-14-15-16-17-18(19)20;1-4-6(3)5(2)7/h2-17H2,1H3,(H2,19,20);5,7H,4H2,1-3H3. The third kappa shape index (κ3) is 27.7. The summed E-state index contributed by atoms with van der Waals surface area (Å²) < 4.78 is 0. The fourth-order valence-corrected chi connectivity index (χ4v) is 2.93. The van der Waals surface area contributed by atoms with E-state index >= 15 is 0 Å². The van der Waals surface area contributed by atoms with Gasteiger partial charge in [0.25, 0.3) is 0 Å². The maximum absolute atomic E-state index is 10.6. The Morgan fingerprint density at radius 1 is 0.778 bits per heavy atom. The maximum atomic E-state index is 10.6. The lowest BCUT2D eigenvalue weighted by Gasteiger charge is -2.16. The lowest BCUT2D eigenvalue weighted by Crippen LogP contribution is -2.27. The molecule has 0 aliphatic heterocycles. The zero-order chi connectivity index (χ0) is 20.8. The Morgan fingerprint density at radius 2 is 1.11 bits per heavy atom. The Bertz CT molecular complexity index is 296. The average molecular weight is 387 g/mol. The third-order valence-electron chi connectivity index (χ3n) is 5.16. The van der Waals surface area contributed by atoms with Crippen molar-refractivity contribution < 1.29 is 9.90 Å². The predicted octanol–water partition coefficient (Wildman–Crippen LogP) is 6.01. The lowest BCUT2D eigenvalue weighted by molar-refractivity contribution is -0.118. The summed E-state index contributed by atoms with van der Waals surface area (Å²) in [5.74, 6) is -0.153. The van der Waals surface area contributed by atoms with Crippen LogP contribution in [0.1, 0.15) is 124 Å². The minimum Gasteiger partial charge on any atom is -0.379 e. The van der Waals surface area contributed by atoms with Gasteiger partial charge in [0.15, 0.2) is 0 Å². The van der Waals surface area contributed by atoms with Crippen molar-refractivity contribution >= 4 is 5.91 Å². The van der Waals surface area contributed by atoms with Gasteiger partial charge in [-0.2, -0.15) is 0 Å². The second-order valence-corrected chi connectivity index (χ2v) is 7.87. The van der Waals surface area contributed by atoms with Crippen LogP contribution >= 0.6 is 0 Å². The first-order chi connectivity index (χ1) is 13.0. The van der Waals surface area contributed by atoms with Gasteiger partial charge in [0, 0.05) is 6.42 Å². The Morgan fingerprint density at radius 3 is 1.33 bits per heavy atom. The van der Waals surface area contributed by atoms with Crippen LogP contribution < -0.4 is 5.73 Å². The highest BCUT2D eigenvalue weighted by atomic mass is 16.3. The molecule has 3 N–H and O–H groups in total. The number of nitrogens with two attached hydrogens (primary N) is 1. The van der Waals surface area contributed by atoms with Crippen LogP contribution in [0, 0.1) is 0 Å². The minimum atomic E-state index is -0.301. The molecule has 0 rings (SSSR count). The molecule has 27 heavy (non-hydrogen) atoms. The summed E-state index contributed by atoms with van der Waals surface area (Å²) >= 11 is 0. The van der Waals surface area contributed by atoms with Crippen molar-refractivity contribution in [2.24, 2.45) is 5.73 Å². The fraction of sp³-hybridized carbons (Fsp3) is 0.957. The number of hydrogen-bond donors (Lipinski definition) is 2. The Balaban J connectivity index is 0. The lowest BCUT2D eigenvalue weighted by atomic mass is 10.0. The highest BCUT2D eigenvalue weighted by Gasteiger charge is 1.98. The molecule has 0 aliphatic carbocycles. The van der Waals surface area contributed by atoms with Crippen molar-refractivity contribution in [1.29, 1.82) is 0 Å². The second-order valence-electron chi connectivity index (χ2n) is 7.87. The molecule has 0 aromatic carbocycles. The van der Waals surface area contributed by atoms with Gasteiger partial charge in [-0.3, -0.25) is 9.69 Å². The summed E-state index contributed by atoms with van der Waals surface area (Å²) in [6.07, 6.45) is 20.6. The highest BCUT2D eigenvalue weighted by molar-refractivity contribution is 5.73. The van der Waals surface area contributed by atoms with Gasteiger partial charge in [0.2, 0.25) is 5.91 Å².